The summed E-state index contributed by atoms with van der Waals surface area (Å²) in [7, 11) is 0. The summed E-state index contributed by atoms with van der Waals surface area (Å²) >= 11 is 0. The molecule has 0 aromatic carbocycles. The molecule has 2 aliphatic rings. The second-order valence-corrected chi connectivity index (χ2v) is 6.13. The molecule has 3 atom stereocenters. The van der Waals surface area contributed by atoms with Gasteiger partial charge in [0.1, 0.15) is 0 Å². The Labute approximate surface area is 116 Å². The molecule has 2 fully saturated rings. The van der Waals surface area contributed by atoms with Gasteiger partial charge in [-0.3, -0.25) is 4.79 Å². The number of rotatable bonds is 4. The Morgan fingerprint density at radius 1 is 1.37 bits per heavy atom. The summed E-state index contributed by atoms with van der Waals surface area (Å²) in [6.07, 6.45) is 7.50. The van der Waals surface area contributed by atoms with Crippen molar-refractivity contribution in [2.75, 3.05) is 19.7 Å². The molecule has 19 heavy (non-hydrogen) atoms. The number of nitrogens with zero attached hydrogens (tertiary/aromatic N) is 1. The quantitative estimate of drug-likeness (QED) is 0.847. The number of carbonyl (C=O) groups excluding carboxylic acids is 1. The van der Waals surface area contributed by atoms with Gasteiger partial charge in [-0.05, 0) is 44.4 Å². The Morgan fingerprint density at radius 3 is 2.89 bits per heavy atom. The van der Waals surface area contributed by atoms with Gasteiger partial charge in [0.15, 0.2) is 0 Å². The van der Waals surface area contributed by atoms with Crippen molar-refractivity contribution >= 4 is 5.91 Å². The molecule has 0 aliphatic carbocycles. The number of hydrogen-bond acceptors (Lipinski definition) is 3. The van der Waals surface area contributed by atoms with E-state index in [1.807, 2.05) is 4.90 Å². The molecule has 0 spiro atoms. The first-order valence-corrected chi connectivity index (χ1v) is 7.82. The zero-order valence-corrected chi connectivity index (χ0v) is 12.1. The van der Waals surface area contributed by atoms with E-state index in [0.717, 1.165) is 38.8 Å². The molecule has 4 nitrogen and oxygen atoms in total. The van der Waals surface area contributed by atoms with Crippen LogP contribution < -0.4 is 5.73 Å². The minimum atomic E-state index is 0.253. The highest BCUT2D eigenvalue weighted by atomic mass is 16.5. The molecular formula is C15H28N2O2. The van der Waals surface area contributed by atoms with Gasteiger partial charge in [-0.1, -0.05) is 6.92 Å². The van der Waals surface area contributed by atoms with Crippen molar-refractivity contribution in [2.45, 2.75) is 64.0 Å². The molecule has 2 heterocycles. The summed E-state index contributed by atoms with van der Waals surface area (Å²) in [4.78, 5) is 14.3. The normalized spacial score (nSPS) is 32.3. The average Bonchev–Trinajstić information content (AvgIpc) is 2.45. The maximum Gasteiger partial charge on any atom is 0.222 e. The SMILES string of the molecule is CC1CCN(C(=O)CCC2CCCCO2)C(CN)C1. The predicted octanol–water partition coefficient (Wildman–Crippen LogP) is 1.92. The minimum absolute atomic E-state index is 0.253. The lowest BCUT2D eigenvalue weighted by Crippen LogP contribution is -2.49. The third kappa shape index (κ3) is 4.18. The van der Waals surface area contributed by atoms with Crippen LogP contribution in [0.2, 0.25) is 0 Å². The van der Waals surface area contributed by atoms with Crippen molar-refractivity contribution in [3.63, 3.8) is 0 Å². The van der Waals surface area contributed by atoms with E-state index in [-0.39, 0.29) is 11.9 Å². The van der Waals surface area contributed by atoms with Gasteiger partial charge in [0.25, 0.3) is 0 Å². The van der Waals surface area contributed by atoms with Crippen molar-refractivity contribution in [2.24, 2.45) is 11.7 Å². The highest BCUT2D eigenvalue weighted by Gasteiger charge is 2.29. The van der Waals surface area contributed by atoms with Gasteiger partial charge in [-0.25, -0.2) is 0 Å². The smallest absolute Gasteiger partial charge is 0.222 e. The Morgan fingerprint density at radius 2 is 2.21 bits per heavy atom. The Balaban J connectivity index is 1.77. The van der Waals surface area contributed by atoms with Crippen LogP contribution in [0.25, 0.3) is 0 Å². The van der Waals surface area contributed by atoms with Gasteiger partial charge in [0.2, 0.25) is 5.91 Å². The van der Waals surface area contributed by atoms with Crippen molar-refractivity contribution < 1.29 is 9.53 Å². The van der Waals surface area contributed by atoms with E-state index in [9.17, 15) is 4.79 Å². The molecule has 0 saturated carbocycles. The summed E-state index contributed by atoms with van der Waals surface area (Å²) in [5.74, 6) is 0.968. The van der Waals surface area contributed by atoms with Gasteiger partial charge < -0.3 is 15.4 Å². The predicted molar refractivity (Wildman–Crippen MR) is 75.8 cm³/mol. The number of carbonyl (C=O) groups is 1. The van der Waals surface area contributed by atoms with E-state index in [4.69, 9.17) is 10.5 Å². The van der Waals surface area contributed by atoms with Gasteiger partial charge in [0.05, 0.1) is 6.10 Å². The summed E-state index contributed by atoms with van der Waals surface area (Å²) < 4.78 is 5.69. The number of piperidine rings is 1. The van der Waals surface area contributed by atoms with Crippen LogP contribution in [0.3, 0.4) is 0 Å². The van der Waals surface area contributed by atoms with Crippen molar-refractivity contribution in [1.82, 2.24) is 4.90 Å². The monoisotopic (exact) mass is 268 g/mol. The molecule has 2 aliphatic heterocycles. The zero-order chi connectivity index (χ0) is 13.7. The van der Waals surface area contributed by atoms with Crippen LogP contribution in [0.1, 0.15) is 51.9 Å². The summed E-state index contributed by atoms with van der Waals surface area (Å²) in [6.45, 7) is 4.59. The lowest BCUT2D eigenvalue weighted by Gasteiger charge is -2.38. The van der Waals surface area contributed by atoms with E-state index in [2.05, 4.69) is 6.92 Å². The zero-order valence-electron chi connectivity index (χ0n) is 12.1. The van der Waals surface area contributed by atoms with E-state index >= 15 is 0 Å². The Kier molecular flexibility index (Phi) is 5.64. The molecule has 0 radical (unpaired) electrons. The third-order valence-corrected chi connectivity index (χ3v) is 4.52. The topological polar surface area (TPSA) is 55.6 Å². The highest BCUT2D eigenvalue weighted by Crippen LogP contribution is 2.24. The lowest BCUT2D eigenvalue weighted by atomic mass is 9.92. The van der Waals surface area contributed by atoms with Crippen molar-refractivity contribution in [1.29, 1.82) is 0 Å². The molecule has 1 amide bonds. The van der Waals surface area contributed by atoms with Crippen LogP contribution in [0, 0.1) is 5.92 Å². The fourth-order valence-electron chi connectivity index (χ4n) is 3.27. The fourth-order valence-corrected chi connectivity index (χ4v) is 3.27. The molecule has 0 bridgehead atoms. The van der Waals surface area contributed by atoms with Gasteiger partial charge in [-0.2, -0.15) is 0 Å². The molecule has 2 rings (SSSR count). The Hall–Kier alpha value is -0.610. The molecule has 2 saturated heterocycles. The van der Waals surface area contributed by atoms with E-state index in [0.29, 0.717) is 25.0 Å². The minimum Gasteiger partial charge on any atom is -0.378 e. The number of likely N-dealkylation sites (tertiary alicyclic amines) is 1. The first-order chi connectivity index (χ1) is 9.20. The van der Waals surface area contributed by atoms with Crippen LogP contribution in [-0.2, 0) is 9.53 Å². The standard InChI is InChI=1S/C15H28N2O2/c1-12-7-8-17(13(10-12)11-16)15(18)6-5-14-4-2-3-9-19-14/h12-14H,2-11,16H2,1H3. The molecule has 3 unspecified atom stereocenters. The fraction of sp³-hybridized carbons (Fsp3) is 0.933. The van der Waals surface area contributed by atoms with Crippen molar-refractivity contribution in [3.8, 4) is 0 Å². The molecule has 4 heteroatoms. The largest absolute Gasteiger partial charge is 0.378 e. The molecule has 0 aromatic rings. The van der Waals surface area contributed by atoms with Gasteiger partial charge in [-0.15, -0.1) is 0 Å². The first-order valence-electron chi connectivity index (χ1n) is 7.82. The van der Waals surface area contributed by atoms with E-state index < -0.39 is 0 Å². The van der Waals surface area contributed by atoms with Crippen LogP contribution in [0.5, 0.6) is 0 Å². The van der Waals surface area contributed by atoms with Crippen LogP contribution in [0.15, 0.2) is 0 Å². The maximum absolute atomic E-state index is 12.3. The lowest BCUT2D eigenvalue weighted by molar-refractivity contribution is -0.136. The summed E-state index contributed by atoms with van der Waals surface area (Å²) in [5, 5.41) is 0. The number of ether oxygens (including phenoxy) is 1. The maximum atomic E-state index is 12.3. The molecule has 110 valence electrons. The van der Waals surface area contributed by atoms with E-state index in [1.165, 1.54) is 12.8 Å². The summed E-state index contributed by atoms with van der Waals surface area (Å²) in [5.41, 5.74) is 5.81. The van der Waals surface area contributed by atoms with Crippen LogP contribution in [0.4, 0.5) is 0 Å². The first kappa shape index (κ1) is 14.8. The summed E-state index contributed by atoms with van der Waals surface area (Å²) in [6, 6.07) is 0.253. The second-order valence-electron chi connectivity index (χ2n) is 6.13. The molecule has 2 N–H and O–H groups in total. The van der Waals surface area contributed by atoms with Crippen LogP contribution >= 0.6 is 0 Å². The number of hydrogen-bond donors (Lipinski definition) is 1. The van der Waals surface area contributed by atoms with Crippen LogP contribution in [-0.4, -0.2) is 42.6 Å². The number of amides is 1. The second kappa shape index (κ2) is 7.25. The van der Waals surface area contributed by atoms with Crippen molar-refractivity contribution in [3.05, 3.63) is 0 Å². The molecule has 0 aromatic heterocycles. The molecular weight excluding hydrogens is 240 g/mol. The highest BCUT2D eigenvalue weighted by molar-refractivity contribution is 5.76. The Bertz CT molecular complexity index is 290. The number of nitrogens with two attached hydrogens (primary N) is 1. The van der Waals surface area contributed by atoms with Gasteiger partial charge in [0, 0.05) is 32.2 Å². The average molecular weight is 268 g/mol. The van der Waals surface area contributed by atoms with E-state index in [1.54, 1.807) is 0 Å². The third-order valence-electron chi connectivity index (χ3n) is 4.52. The van der Waals surface area contributed by atoms with Gasteiger partial charge >= 0.3 is 0 Å².